The van der Waals surface area contributed by atoms with Crippen molar-refractivity contribution in [2.75, 3.05) is 17.2 Å². The first-order valence-corrected chi connectivity index (χ1v) is 13.0. The van der Waals surface area contributed by atoms with E-state index < -0.39 is 6.36 Å². The first-order valence-electron chi connectivity index (χ1n) is 12.0. The Labute approximate surface area is 229 Å². The summed E-state index contributed by atoms with van der Waals surface area (Å²) in [6, 6.07) is 16.8. The molecule has 1 fully saturated rings. The minimum absolute atomic E-state index is 0.237. The van der Waals surface area contributed by atoms with Gasteiger partial charge in [-0.05, 0) is 61.7 Å². The van der Waals surface area contributed by atoms with Crippen LogP contribution in [0.3, 0.4) is 0 Å². The number of hydrogen-bond acceptors (Lipinski definition) is 5. The molecule has 0 amide bonds. The zero-order chi connectivity index (χ0) is 28.0. The number of thioether (sulfide) groups is 1. The number of aryl methyl sites for hydroxylation is 3. The van der Waals surface area contributed by atoms with Gasteiger partial charge in [-0.2, -0.15) is 5.10 Å². The van der Waals surface area contributed by atoms with Gasteiger partial charge in [-0.15, -0.1) is 18.3 Å². The molecule has 3 aromatic rings. The summed E-state index contributed by atoms with van der Waals surface area (Å²) in [5, 5.41) is 9.65. The minimum atomic E-state index is -4.74. The van der Waals surface area contributed by atoms with Gasteiger partial charge in [-0.3, -0.25) is 0 Å². The van der Waals surface area contributed by atoms with E-state index in [1.807, 2.05) is 12.1 Å². The summed E-state index contributed by atoms with van der Waals surface area (Å²) in [6.07, 6.45) is -1.82. The highest BCUT2D eigenvalue weighted by atomic mass is 32.2. The molecule has 0 spiro atoms. The first kappa shape index (κ1) is 27.9. The molecule has 0 aliphatic carbocycles. The Hall–Kier alpha value is -4.12. The third kappa shape index (κ3) is 7.70. The lowest BCUT2D eigenvalue weighted by Crippen LogP contribution is -2.25. The number of rotatable bonds is 7. The number of nitrogens with two attached hydrogens (primary N) is 1. The Kier molecular flexibility index (Phi) is 8.70. The molecule has 4 rings (SSSR count). The zero-order valence-electron chi connectivity index (χ0n) is 21.6. The molecular formula is C28H27F3N6OS. The van der Waals surface area contributed by atoms with Crippen molar-refractivity contribution in [2.24, 2.45) is 25.9 Å². The third-order valence-corrected chi connectivity index (χ3v) is 6.66. The number of hydrogen-bond donors (Lipinski definition) is 1. The number of halogens is 3. The Morgan fingerprint density at radius 3 is 2.31 bits per heavy atom. The van der Waals surface area contributed by atoms with Crippen LogP contribution in [0.2, 0.25) is 0 Å². The van der Waals surface area contributed by atoms with Crippen molar-refractivity contribution in [3.63, 3.8) is 0 Å². The van der Waals surface area contributed by atoms with Gasteiger partial charge in [0.25, 0.3) is 0 Å². The number of aliphatic imine (C=N–C) groups is 2. The van der Waals surface area contributed by atoms with Crippen LogP contribution in [0, 0.1) is 20.8 Å². The molecule has 0 bridgehead atoms. The molecule has 1 heterocycles. The lowest BCUT2D eigenvalue weighted by molar-refractivity contribution is -0.274. The van der Waals surface area contributed by atoms with Crippen LogP contribution in [0.1, 0.15) is 27.8 Å². The van der Waals surface area contributed by atoms with Crippen molar-refractivity contribution in [2.45, 2.75) is 27.1 Å². The second-order valence-electron chi connectivity index (χ2n) is 8.80. The van der Waals surface area contributed by atoms with E-state index >= 15 is 0 Å². The van der Waals surface area contributed by atoms with Crippen molar-refractivity contribution in [3.8, 4) is 5.75 Å². The van der Waals surface area contributed by atoms with Gasteiger partial charge in [0.05, 0.1) is 11.9 Å². The molecule has 0 aromatic heterocycles. The summed E-state index contributed by atoms with van der Waals surface area (Å²) in [4.78, 5) is 10.4. The number of amidine groups is 2. The highest BCUT2D eigenvalue weighted by molar-refractivity contribution is 8.14. The number of benzene rings is 3. The average molecular weight is 553 g/mol. The Balaban J connectivity index is 1.38. The fraction of sp³-hybridized carbons (Fsp3) is 0.214. The number of nitrogens with zero attached hydrogens (tertiary/aromatic N) is 5. The second-order valence-corrected chi connectivity index (χ2v) is 9.86. The van der Waals surface area contributed by atoms with Gasteiger partial charge >= 0.3 is 6.36 Å². The lowest BCUT2D eigenvalue weighted by Gasteiger charge is -2.22. The Morgan fingerprint density at radius 1 is 1.00 bits per heavy atom. The molecule has 202 valence electrons. The average Bonchev–Trinajstić information content (AvgIpc) is 3.32. The quantitative estimate of drug-likeness (QED) is 0.205. The van der Waals surface area contributed by atoms with Gasteiger partial charge in [0, 0.05) is 23.5 Å². The van der Waals surface area contributed by atoms with Gasteiger partial charge in [0.1, 0.15) is 17.9 Å². The lowest BCUT2D eigenvalue weighted by atomic mass is 10.0. The molecule has 2 N–H and O–H groups in total. The summed E-state index contributed by atoms with van der Waals surface area (Å²) >= 11 is 1.68. The summed E-state index contributed by atoms with van der Waals surface area (Å²) in [5.41, 5.74) is 12.9. The largest absolute Gasteiger partial charge is 0.573 e. The minimum Gasteiger partial charge on any atom is -0.406 e. The molecule has 11 heteroatoms. The van der Waals surface area contributed by atoms with Crippen LogP contribution in [0.15, 0.2) is 80.9 Å². The second kappa shape index (κ2) is 12.2. The number of ether oxygens (including phenoxy) is 1. The fourth-order valence-corrected chi connectivity index (χ4v) is 5.04. The molecule has 1 aliphatic heterocycles. The molecule has 1 aliphatic rings. The first-order chi connectivity index (χ1) is 18.6. The highest BCUT2D eigenvalue weighted by Gasteiger charge is 2.31. The summed E-state index contributed by atoms with van der Waals surface area (Å²) in [5.74, 6) is 0.867. The van der Waals surface area contributed by atoms with Crippen LogP contribution in [-0.2, 0) is 0 Å². The normalized spacial score (nSPS) is 15.7. The van der Waals surface area contributed by atoms with E-state index in [2.05, 4.69) is 62.7 Å². The van der Waals surface area contributed by atoms with Crippen molar-refractivity contribution >= 4 is 46.7 Å². The van der Waals surface area contributed by atoms with E-state index in [4.69, 9.17) is 5.73 Å². The molecule has 1 saturated heterocycles. The molecule has 0 atom stereocenters. The van der Waals surface area contributed by atoms with Gasteiger partial charge in [-0.1, -0.05) is 53.7 Å². The van der Waals surface area contributed by atoms with E-state index in [-0.39, 0.29) is 11.6 Å². The predicted molar refractivity (Wildman–Crippen MR) is 154 cm³/mol. The number of alkyl halides is 3. The molecule has 39 heavy (non-hydrogen) atoms. The van der Waals surface area contributed by atoms with Gasteiger partial charge in [0.15, 0.2) is 5.17 Å². The van der Waals surface area contributed by atoms with Crippen molar-refractivity contribution in [3.05, 3.63) is 88.5 Å². The van der Waals surface area contributed by atoms with Gasteiger partial charge in [-0.25, -0.2) is 9.98 Å². The van der Waals surface area contributed by atoms with E-state index in [0.717, 1.165) is 23.0 Å². The number of anilines is 1. The standard InChI is InChI=1S/C28H27F3N6OS/c1-18-14-19(2)25(20(3)15-18)37-12-13-39-27(37)36-35-16-21-4-6-22(7-5-21)26(32)34-17-33-23-8-10-24(11-9-23)38-28(29,30)31/h4-11,14-17H,12-13H2,1-3H3,(H2,32,33,34)/b35-16+,36-27-. The van der Waals surface area contributed by atoms with Crippen LogP contribution in [0.4, 0.5) is 24.5 Å². The zero-order valence-corrected chi connectivity index (χ0v) is 22.4. The summed E-state index contributed by atoms with van der Waals surface area (Å²) < 4.78 is 40.6. The molecule has 0 saturated carbocycles. The topological polar surface area (TPSA) is 87.9 Å². The summed E-state index contributed by atoms with van der Waals surface area (Å²) in [7, 11) is 0. The summed E-state index contributed by atoms with van der Waals surface area (Å²) in [6.45, 7) is 7.23. The molecule has 7 nitrogen and oxygen atoms in total. The fourth-order valence-electron chi connectivity index (χ4n) is 4.14. The van der Waals surface area contributed by atoms with Crippen molar-refractivity contribution in [1.29, 1.82) is 0 Å². The van der Waals surface area contributed by atoms with Gasteiger partial charge < -0.3 is 15.4 Å². The third-order valence-electron chi connectivity index (χ3n) is 5.71. The SMILES string of the molecule is Cc1cc(C)c(N2CCS/C2=N\N=C\c2ccc(C(N)=NC=Nc3ccc(OC(F)(F)F)cc3)cc2)c(C)c1. The van der Waals surface area contributed by atoms with Crippen LogP contribution >= 0.6 is 11.8 Å². The maximum absolute atomic E-state index is 12.3. The van der Waals surface area contributed by atoms with Gasteiger partial charge in [0.2, 0.25) is 0 Å². The highest BCUT2D eigenvalue weighted by Crippen LogP contribution is 2.32. The smallest absolute Gasteiger partial charge is 0.406 e. The molecular weight excluding hydrogens is 525 g/mol. The Morgan fingerprint density at radius 2 is 1.67 bits per heavy atom. The van der Waals surface area contributed by atoms with Crippen molar-refractivity contribution in [1.82, 2.24) is 0 Å². The Bertz CT molecular complexity index is 1410. The maximum Gasteiger partial charge on any atom is 0.573 e. The van der Waals surface area contributed by atoms with Crippen LogP contribution in [0.25, 0.3) is 0 Å². The van der Waals surface area contributed by atoms with E-state index in [1.165, 1.54) is 53.0 Å². The van der Waals surface area contributed by atoms with E-state index in [9.17, 15) is 13.2 Å². The van der Waals surface area contributed by atoms with Crippen LogP contribution < -0.4 is 15.4 Å². The molecule has 3 aromatic carbocycles. The van der Waals surface area contributed by atoms with Crippen LogP contribution in [0.5, 0.6) is 5.75 Å². The maximum atomic E-state index is 12.3. The van der Waals surface area contributed by atoms with E-state index in [1.54, 1.807) is 30.1 Å². The van der Waals surface area contributed by atoms with Crippen LogP contribution in [-0.4, -0.2) is 42.2 Å². The predicted octanol–water partition coefficient (Wildman–Crippen LogP) is 6.52. The monoisotopic (exact) mass is 552 g/mol. The van der Waals surface area contributed by atoms with Crippen molar-refractivity contribution < 1.29 is 17.9 Å². The molecule has 0 radical (unpaired) electrons. The van der Waals surface area contributed by atoms with E-state index in [0.29, 0.717) is 11.3 Å². The molecule has 0 unspecified atom stereocenters.